The molecule has 0 aliphatic heterocycles. The van der Waals surface area contributed by atoms with Gasteiger partial charge >= 0.3 is 0 Å². The highest BCUT2D eigenvalue weighted by molar-refractivity contribution is 6.22. The Balaban J connectivity index is -0.000000599. The van der Waals surface area contributed by atoms with Crippen LogP contribution in [0.25, 0.3) is 53.9 Å². The zero-order chi connectivity index (χ0) is 37.7. The summed E-state index contributed by atoms with van der Waals surface area (Å²) in [7, 11) is 0. The fourth-order valence-corrected chi connectivity index (χ4v) is 5.23. The number of benzene rings is 7. The first-order chi connectivity index (χ1) is 23.7. The number of rotatable bonds is 0. The smallest absolute Gasteiger partial charge is 0.00268 e. The molecule has 0 heterocycles. The van der Waals surface area contributed by atoms with E-state index in [0.717, 1.165) is 0 Å². The van der Waals surface area contributed by atoms with Gasteiger partial charge in [-0.1, -0.05) is 220 Å². The average molecular weight is 649 g/mol. The van der Waals surface area contributed by atoms with E-state index in [1.54, 1.807) is 0 Å². The van der Waals surface area contributed by atoms with E-state index in [1.165, 1.54) is 65.0 Å². The van der Waals surface area contributed by atoms with Gasteiger partial charge in [-0.25, -0.2) is 0 Å². The molecule has 7 aromatic rings. The van der Waals surface area contributed by atoms with Crippen LogP contribution in [0.4, 0.5) is 0 Å². The highest BCUT2D eigenvalue weighted by Crippen LogP contribution is 2.34. The van der Waals surface area contributed by atoms with Crippen molar-refractivity contribution in [1.82, 2.24) is 0 Å². The van der Waals surface area contributed by atoms with Crippen LogP contribution in [0.2, 0.25) is 0 Å². The third-order valence-corrected chi connectivity index (χ3v) is 6.86. The van der Waals surface area contributed by atoms with E-state index in [0.29, 0.717) is 0 Å². The largest absolute Gasteiger partial charge is 0.0683 e. The molecular formula is C48H72. The lowest BCUT2D eigenvalue weighted by atomic mass is 9.93. The summed E-state index contributed by atoms with van der Waals surface area (Å²) in [6.45, 7) is 36.4. The predicted octanol–water partition coefficient (Wildman–Crippen LogP) is 17.4. The van der Waals surface area contributed by atoms with Crippen LogP contribution in [-0.4, -0.2) is 0 Å². The molecule has 0 N–H and O–H groups in total. The van der Waals surface area contributed by atoms with Crippen LogP contribution in [0, 0.1) is 13.8 Å². The van der Waals surface area contributed by atoms with Gasteiger partial charge in [-0.3, -0.25) is 0 Å². The Bertz CT molecular complexity index is 1490. The van der Waals surface area contributed by atoms with Crippen molar-refractivity contribution >= 4 is 53.9 Å². The van der Waals surface area contributed by atoms with Crippen LogP contribution in [0.5, 0.6) is 0 Å². The Morgan fingerprint density at radius 1 is 0.229 bits per heavy atom. The van der Waals surface area contributed by atoms with Gasteiger partial charge < -0.3 is 0 Å². The number of hydrogen-bond acceptors (Lipinski definition) is 0. The Morgan fingerprint density at radius 2 is 0.417 bits per heavy atom. The van der Waals surface area contributed by atoms with E-state index in [-0.39, 0.29) is 0 Å². The van der Waals surface area contributed by atoms with E-state index >= 15 is 0 Å². The zero-order valence-electron chi connectivity index (χ0n) is 34.4. The maximum Gasteiger partial charge on any atom is -0.00268 e. The van der Waals surface area contributed by atoms with Gasteiger partial charge in [-0.15, -0.1) is 0 Å². The summed E-state index contributed by atoms with van der Waals surface area (Å²) in [4.78, 5) is 0. The van der Waals surface area contributed by atoms with Gasteiger partial charge in [0.15, 0.2) is 0 Å². The second-order valence-electron chi connectivity index (χ2n) is 8.63. The molecule has 0 aliphatic rings. The predicted molar refractivity (Wildman–Crippen MR) is 232 cm³/mol. The lowest BCUT2D eigenvalue weighted by Crippen LogP contribution is -1.87. The molecule has 0 nitrogen and oxygen atoms in total. The number of hydrogen-bond donors (Lipinski definition) is 0. The molecule has 0 bridgehead atoms. The van der Waals surface area contributed by atoms with Crippen molar-refractivity contribution in [3.63, 3.8) is 0 Å². The SMILES string of the molecule is CC.CC.CC.CC.CC.CC.CC.CC.Cc1c2ccccc2c(C)c2ccccc12.c1cc2ccc3cccc4ccc(c1)c2c34. The maximum atomic E-state index is 2.21. The summed E-state index contributed by atoms with van der Waals surface area (Å²) in [6.07, 6.45) is 0. The highest BCUT2D eigenvalue weighted by atomic mass is 14.1. The molecule has 0 fully saturated rings. The Morgan fingerprint density at radius 3 is 0.604 bits per heavy atom. The first-order valence-electron chi connectivity index (χ1n) is 19.2. The summed E-state index contributed by atoms with van der Waals surface area (Å²) < 4.78 is 0. The van der Waals surface area contributed by atoms with Gasteiger partial charge in [0.05, 0.1) is 0 Å². The number of aryl methyl sites for hydroxylation is 2. The fraction of sp³-hybridized carbons (Fsp3) is 0.375. The van der Waals surface area contributed by atoms with Gasteiger partial charge in [0.25, 0.3) is 0 Å². The molecule has 7 aromatic carbocycles. The van der Waals surface area contributed by atoms with E-state index in [4.69, 9.17) is 0 Å². The van der Waals surface area contributed by atoms with E-state index in [2.05, 4.69) is 123 Å². The van der Waals surface area contributed by atoms with Crippen LogP contribution >= 0.6 is 0 Å². The molecule has 0 radical (unpaired) electrons. The molecule has 48 heavy (non-hydrogen) atoms. The van der Waals surface area contributed by atoms with Crippen LogP contribution in [0.3, 0.4) is 0 Å². The minimum atomic E-state index is 1.34. The first-order valence-corrected chi connectivity index (χ1v) is 19.2. The lowest BCUT2D eigenvalue weighted by Gasteiger charge is -2.11. The molecule has 264 valence electrons. The molecule has 7 rings (SSSR count). The van der Waals surface area contributed by atoms with Crippen molar-refractivity contribution in [2.45, 2.75) is 125 Å². The maximum absolute atomic E-state index is 2.21. The van der Waals surface area contributed by atoms with Gasteiger partial charge in [-0.2, -0.15) is 0 Å². The fourth-order valence-electron chi connectivity index (χ4n) is 5.23. The Kier molecular flexibility index (Phi) is 30.7. The second kappa shape index (κ2) is 30.4. The zero-order valence-corrected chi connectivity index (χ0v) is 34.4. The van der Waals surface area contributed by atoms with Crippen LogP contribution in [-0.2, 0) is 0 Å². The summed E-state index contributed by atoms with van der Waals surface area (Å²) in [5, 5.41) is 13.6. The lowest BCUT2D eigenvalue weighted by molar-refractivity contribution is 1.50. The summed E-state index contributed by atoms with van der Waals surface area (Å²) in [5.74, 6) is 0. The molecule has 0 atom stereocenters. The standard InChI is InChI=1S/C16H10.C16H14.8C2H6/c1-3-11-7-9-13-5-2-6-14-10-8-12(4-1)15(11)16(13)14;1-11-13-7-3-5-9-15(13)12(2)16-10-6-4-8-14(11)16;8*1-2/h1-10H;3-10H,1-2H3;8*1-2H3. The van der Waals surface area contributed by atoms with Crippen LogP contribution < -0.4 is 0 Å². The molecule has 0 amide bonds. The summed E-state index contributed by atoms with van der Waals surface area (Å²) >= 11 is 0. The minimum absolute atomic E-state index is 1.34. The second-order valence-corrected chi connectivity index (χ2v) is 8.63. The quantitative estimate of drug-likeness (QED) is 0.113. The molecule has 0 aromatic heterocycles. The van der Waals surface area contributed by atoms with E-state index in [9.17, 15) is 0 Å². The molecular weight excluding hydrogens is 577 g/mol. The van der Waals surface area contributed by atoms with Crippen molar-refractivity contribution in [3.8, 4) is 0 Å². The van der Waals surface area contributed by atoms with Gasteiger partial charge in [0, 0.05) is 0 Å². The Labute approximate surface area is 297 Å². The minimum Gasteiger partial charge on any atom is -0.0683 e. The molecule has 0 saturated carbocycles. The average Bonchev–Trinajstić information content (AvgIpc) is 3.22. The third-order valence-electron chi connectivity index (χ3n) is 6.86. The van der Waals surface area contributed by atoms with Crippen molar-refractivity contribution < 1.29 is 0 Å². The van der Waals surface area contributed by atoms with E-state index in [1.807, 2.05) is 111 Å². The topological polar surface area (TPSA) is 0 Å². The first kappa shape index (κ1) is 48.5. The van der Waals surface area contributed by atoms with Crippen LogP contribution in [0.1, 0.15) is 122 Å². The number of fused-ring (bicyclic) bond motifs is 2. The molecule has 0 saturated heterocycles. The van der Waals surface area contributed by atoms with Gasteiger partial charge in [-0.05, 0) is 78.8 Å². The van der Waals surface area contributed by atoms with Crippen LogP contribution in [0.15, 0.2) is 109 Å². The molecule has 0 unspecified atom stereocenters. The van der Waals surface area contributed by atoms with Crippen molar-refractivity contribution in [3.05, 3.63) is 120 Å². The van der Waals surface area contributed by atoms with Crippen molar-refractivity contribution in [2.24, 2.45) is 0 Å². The highest BCUT2D eigenvalue weighted by Gasteiger charge is 2.07. The third kappa shape index (κ3) is 12.3. The van der Waals surface area contributed by atoms with Crippen molar-refractivity contribution in [1.29, 1.82) is 0 Å². The van der Waals surface area contributed by atoms with Gasteiger partial charge in [0.1, 0.15) is 0 Å². The van der Waals surface area contributed by atoms with Crippen molar-refractivity contribution in [2.75, 3.05) is 0 Å². The monoisotopic (exact) mass is 649 g/mol. The molecule has 0 heteroatoms. The Hall–Kier alpha value is -3.90. The summed E-state index contributed by atoms with van der Waals surface area (Å²) in [5.41, 5.74) is 2.77. The normalized spacial score (nSPS) is 8.62. The van der Waals surface area contributed by atoms with Gasteiger partial charge in [0.2, 0.25) is 0 Å². The molecule has 0 aliphatic carbocycles. The summed E-state index contributed by atoms with van der Waals surface area (Å²) in [6, 6.07) is 39.2. The van der Waals surface area contributed by atoms with E-state index < -0.39 is 0 Å². The molecule has 0 spiro atoms.